The van der Waals surface area contributed by atoms with E-state index in [-0.39, 0.29) is 6.04 Å². The van der Waals surface area contributed by atoms with E-state index in [1.54, 1.807) is 0 Å². The Hall–Kier alpha value is -1.03. The first kappa shape index (κ1) is 15.4. The maximum absolute atomic E-state index is 12.5. The first-order valence-electron chi connectivity index (χ1n) is 7.34. The van der Waals surface area contributed by atoms with Gasteiger partial charge in [-0.15, -0.1) is 0 Å². The second kappa shape index (κ2) is 6.17. The van der Waals surface area contributed by atoms with Crippen LogP contribution in [0.5, 0.6) is 0 Å². The van der Waals surface area contributed by atoms with Crippen LogP contribution in [0.3, 0.4) is 0 Å². The summed E-state index contributed by atoms with van der Waals surface area (Å²) >= 11 is 0. The van der Waals surface area contributed by atoms with Gasteiger partial charge in [0.25, 0.3) is 0 Å². The molecule has 1 aliphatic carbocycles. The zero-order valence-electron chi connectivity index (χ0n) is 11.8. The van der Waals surface area contributed by atoms with Gasteiger partial charge < -0.3 is 5.73 Å². The van der Waals surface area contributed by atoms with E-state index in [0.29, 0.717) is 11.8 Å². The average molecular weight is 285 g/mol. The van der Waals surface area contributed by atoms with Crippen LogP contribution in [-0.2, 0) is 6.18 Å². The minimum atomic E-state index is -4.28. The Morgan fingerprint density at radius 1 is 1.20 bits per heavy atom. The van der Waals surface area contributed by atoms with Gasteiger partial charge in [-0.05, 0) is 42.4 Å². The second-order valence-corrected chi connectivity index (χ2v) is 5.85. The third-order valence-electron chi connectivity index (χ3n) is 4.53. The lowest BCUT2D eigenvalue weighted by Gasteiger charge is -2.32. The molecule has 1 nitrogen and oxygen atoms in total. The van der Waals surface area contributed by atoms with Crippen molar-refractivity contribution in [1.82, 2.24) is 0 Å². The van der Waals surface area contributed by atoms with E-state index in [0.717, 1.165) is 37.0 Å². The summed E-state index contributed by atoms with van der Waals surface area (Å²) in [5.41, 5.74) is 6.48. The first-order chi connectivity index (χ1) is 9.41. The Morgan fingerprint density at radius 2 is 1.85 bits per heavy atom. The number of nitrogens with two attached hydrogens (primary N) is 1. The maximum Gasteiger partial charge on any atom is 0.416 e. The Balaban J connectivity index is 2.07. The summed E-state index contributed by atoms with van der Waals surface area (Å²) in [6, 6.07) is 5.18. The molecule has 2 N–H and O–H groups in total. The van der Waals surface area contributed by atoms with Gasteiger partial charge in [-0.25, -0.2) is 0 Å². The molecule has 1 saturated carbocycles. The monoisotopic (exact) mass is 285 g/mol. The fraction of sp³-hybridized carbons (Fsp3) is 0.625. The van der Waals surface area contributed by atoms with Gasteiger partial charge >= 0.3 is 6.18 Å². The molecule has 1 fully saturated rings. The fourth-order valence-corrected chi connectivity index (χ4v) is 3.20. The average Bonchev–Trinajstić information content (AvgIpc) is 2.46. The molecule has 0 radical (unpaired) electrons. The number of rotatable bonds is 3. The molecule has 0 aromatic heterocycles. The summed E-state index contributed by atoms with van der Waals surface area (Å²) in [7, 11) is 0. The van der Waals surface area contributed by atoms with E-state index in [9.17, 15) is 13.2 Å². The zero-order valence-corrected chi connectivity index (χ0v) is 11.8. The number of hydrogen-bond acceptors (Lipinski definition) is 1. The highest BCUT2D eigenvalue weighted by molar-refractivity contribution is 5.27. The summed E-state index contributed by atoms with van der Waals surface area (Å²) in [6.07, 6.45) is 1.50. The molecular formula is C16H22F3N. The molecule has 0 saturated heterocycles. The number of hydrogen-bond donors (Lipinski definition) is 1. The summed E-state index contributed by atoms with van der Waals surface area (Å²) < 4.78 is 37.6. The fourth-order valence-electron chi connectivity index (χ4n) is 3.20. The van der Waals surface area contributed by atoms with E-state index in [1.807, 2.05) is 0 Å². The highest BCUT2D eigenvalue weighted by atomic mass is 19.4. The molecule has 3 atom stereocenters. The van der Waals surface area contributed by atoms with Gasteiger partial charge in [-0.3, -0.25) is 0 Å². The van der Waals surface area contributed by atoms with Crippen LogP contribution < -0.4 is 5.73 Å². The lowest BCUT2D eigenvalue weighted by Crippen LogP contribution is -2.26. The van der Waals surface area contributed by atoms with E-state index < -0.39 is 11.7 Å². The molecular weight excluding hydrogens is 263 g/mol. The number of halogens is 3. The van der Waals surface area contributed by atoms with Crippen LogP contribution in [0.15, 0.2) is 24.3 Å². The van der Waals surface area contributed by atoms with Gasteiger partial charge in [0.15, 0.2) is 0 Å². The molecule has 0 aliphatic heterocycles. The van der Waals surface area contributed by atoms with Crippen LogP contribution in [0.4, 0.5) is 13.2 Å². The zero-order chi connectivity index (χ0) is 14.8. The van der Waals surface area contributed by atoms with Crippen molar-refractivity contribution in [2.75, 3.05) is 0 Å². The van der Waals surface area contributed by atoms with E-state index in [4.69, 9.17) is 5.73 Å². The summed E-state index contributed by atoms with van der Waals surface area (Å²) in [5.74, 6) is 1.11. The van der Waals surface area contributed by atoms with Crippen molar-refractivity contribution in [3.05, 3.63) is 35.4 Å². The molecule has 112 valence electrons. The quantitative estimate of drug-likeness (QED) is 0.838. The van der Waals surface area contributed by atoms with Crippen molar-refractivity contribution >= 4 is 0 Å². The first-order valence-corrected chi connectivity index (χ1v) is 7.34. The van der Waals surface area contributed by atoms with Gasteiger partial charge in [-0.1, -0.05) is 38.3 Å². The SMILES string of the molecule is CCC1CCCC(C(N)c2ccc(C(F)(F)F)cc2)C1. The van der Waals surface area contributed by atoms with Crippen LogP contribution in [0, 0.1) is 11.8 Å². The highest BCUT2D eigenvalue weighted by Crippen LogP contribution is 2.38. The van der Waals surface area contributed by atoms with Gasteiger partial charge in [-0.2, -0.15) is 13.2 Å². The third-order valence-corrected chi connectivity index (χ3v) is 4.53. The third kappa shape index (κ3) is 3.54. The van der Waals surface area contributed by atoms with E-state index in [2.05, 4.69) is 6.92 Å². The van der Waals surface area contributed by atoms with Crippen molar-refractivity contribution in [3.63, 3.8) is 0 Å². The van der Waals surface area contributed by atoms with Crippen molar-refractivity contribution in [2.45, 2.75) is 51.2 Å². The Morgan fingerprint density at radius 3 is 2.40 bits per heavy atom. The smallest absolute Gasteiger partial charge is 0.324 e. The Kier molecular flexibility index (Phi) is 4.74. The van der Waals surface area contributed by atoms with Crippen LogP contribution in [0.25, 0.3) is 0 Å². The van der Waals surface area contributed by atoms with Crippen molar-refractivity contribution < 1.29 is 13.2 Å². The topological polar surface area (TPSA) is 26.0 Å². The maximum atomic E-state index is 12.5. The lowest BCUT2D eigenvalue weighted by molar-refractivity contribution is -0.137. The highest BCUT2D eigenvalue weighted by Gasteiger charge is 2.31. The number of benzene rings is 1. The van der Waals surface area contributed by atoms with Gasteiger partial charge in [0, 0.05) is 6.04 Å². The van der Waals surface area contributed by atoms with E-state index >= 15 is 0 Å². The normalized spacial score (nSPS) is 25.4. The molecule has 0 spiro atoms. The van der Waals surface area contributed by atoms with Gasteiger partial charge in [0.2, 0.25) is 0 Å². The van der Waals surface area contributed by atoms with Crippen LogP contribution in [-0.4, -0.2) is 0 Å². The van der Waals surface area contributed by atoms with Crippen LogP contribution in [0.2, 0.25) is 0 Å². The Labute approximate surface area is 118 Å². The molecule has 3 unspecified atom stereocenters. The Bertz CT molecular complexity index is 424. The van der Waals surface area contributed by atoms with E-state index in [1.165, 1.54) is 25.0 Å². The van der Waals surface area contributed by atoms with Crippen molar-refractivity contribution in [3.8, 4) is 0 Å². The van der Waals surface area contributed by atoms with Crippen molar-refractivity contribution in [2.24, 2.45) is 17.6 Å². The summed E-state index contributed by atoms with van der Waals surface area (Å²) in [4.78, 5) is 0. The molecule has 4 heteroatoms. The molecule has 0 heterocycles. The number of alkyl halides is 3. The molecule has 0 bridgehead atoms. The van der Waals surface area contributed by atoms with Crippen LogP contribution in [0.1, 0.15) is 56.2 Å². The molecule has 1 aromatic carbocycles. The molecule has 1 aromatic rings. The largest absolute Gasteiger partial charge is 0.416 e. The molecule has 2 rings (SSSR count). The van der Waals surface area contributed by atoms with Gasteiger partial charge in [0.05, 0.1) is 5.56 Å². The minimum absolute atomic E-state index is 0.147. The standard InChI is InChI=1S/C16H22F3N/c1-2-11-4-3-5-13(10-11)15(20)12-6-8-14(9-7-12)16(17,18)19/h6-9,11,13,15H,2-5,10,20H2,1H3. The van der Waals surface area contributed by atoms with Gasteiger partial charge in [0.1, 0.15) is 0 Å². The predicted molar refractivity (Wildman–Crippen MR) is 74.1 cm³/mol. The minimum Gasteiger partial charge on any atom is -0.324 e. The van der Waals surface area contributed by atoms with Crippen LogP contribution >= 0.6 is 0 Å². The predicted octanol–water partition coefficient (Wildman–Crippen LogP) is 4.92. The molecule has 0 amide bonds. The summed E-state index contributed by atoms with van der Waals surface area (Å²) in [5, 5.41) is 0. The lowest BCUT2D eigenvalue weighted by atomic mass is 9.75. The second-order valence-electron chi connectivity index (χ2n) is 5.85. The van der Waals surface area contributed by atoms with Crippen molar-refractivity contribution in [1.29, 1.82) is 0 Å². The summed E-state index contributed by atoms with van der Waals surface area (Å²) in [6.45, 7) is 2.19. The molecule has 20 heavy (non-hydrogen) atoms. The molecule has 1 aliphatic rings.